The Morgan fingerprint density at radius 2 is 1.80 bits per heavy atom. The molecule has 0 unspecified atom stereocenters. The molecule has 1 aromatic carbocycles. The minimum absolute atomic E-state index is 0.132. The Bertz CT molecular complexity index is 795. The molecule has 0 aliphatic heterocycles. The number of nitrogens with zero attached hydrogens (tertiary/aromatic N) is 2. The lowest BCUT2D eigenvalue weighted by atomic mass is 9.92. The number of nitriles is 1. The third-order valence-electron chi connectivity index (χ3n) is 3.93. The van der Waals surface area contributed by atoms with Crippen LogP contribution in [-0.2, 0) is 7.05 Å². The van der Waals surface area contributed by atoms with Crippen molar-refractivity contribution in [3.8, 4) is 17.2 Å². The van der Waals surface area contributed by atoms with E-state index >= 15 is 0 Å². The van der Waals surface area contributed by atoms with E-state index < -0.39 is 0 Å². The molecular formula is C16H17N3O. The summed E-state index contributed by atoms with van der Waals surface area (Å²) >= 11 is 0. The van der Waals surface area contributed by atoms with Gasteiger partial charge in [-0.3, -0.25) is 9.36 Å². The standard InChI is InChI=1S/C16H17N3O/c1-9-5-6-12(11(3)10(9)2)13-7-15(18)19(4)16(20)14(13)8-17/h5-7H,18H2,1-4H3. The lowest BCUT2D eigenvalue weighted by Crippen LogP contribution is -2.23. The fourth-order valence-corrected chi connectivity index (χ4v) is 2.29. The van der Waals surface area contributed by atoms with Crippen LogP contribution in [0.5, 0.6) is 0 Å². The first kappa shape index (κ1) is 13.9. The molecule has 0 spiro atoms. The van der Waals surface area contributed by atoms with Crippen LogP contribution in [0.15, 0.2) is 23.0 Å². The highest BCUT2D eigenvalue weighted by molar-refractivity contribution is 5.76. The largest absolute Gasteiger partial charge is 0.385 e. The second kappa shape index (κ2) is 4.86. The first-order chi connectivity index (χ1) is 9.38. The molecule has 1 aromatic heterocycles. The summed E-state index contributed by atoms with van der Waals surface area (Å²) in [6, 6.07) is 7.62. The van der Waals surface area contributed by atoms with Crippen LogP contribution in [-0.4, -0.2) is 4.57 Å². The van der Waals surface area contributed by atoms with E-state index in [9.17, 15) is 10.1 Å². The van der Waals surface area contributed by atoms with Crippen LogP contribution in [0.3, 0.4) is 0 Å². The molecule has 2 N–H and O–H groups in total. The number of rotatable bonds is 1. The van der Waals surface area contributed by atoms with Crippen LogP contribution in [0.2, 0.25) is 0 Å². The minimum atomic E-state index is -0.361. The summed E-state index contributed by atoms with van der Waals surface area (Å²) in [5.41, 5.74) is 10.5. The second-order valence-corrected chi connectivity index (χ2v) is 5.01. The van der Waals surface area contributed by atoms with Crippen molar-refractivity contribution in [2.45, 2.75) is 20.8 Å². The molecule has 0 saturated carbocycles. The third kappa shape index (κ3) is 1.97. The summed E-state index contributed by atoms with van der Waals surface area (Å²) in [7, 11) is 1.57. The highest BCUT2D eigenvalue weighted by atomic mass is 16.1. The Kier molecular flexibility index (Phi) is 3.37. The maximum absolute atomic E-state index is 12.1. The molecule has 20 heavy (non-hydrogen) atoms. The lowest BCUT2D eigenvalue weighted by Gasteiger charge is -2.14. The van der Waals surface area contributed by atoms with Crippen molar-refractivity contribution in [1.29, 1.82) is 5.26 Å². The Hall–Kier alpha value is -2.54. The lowest BCUT2D eigenvalue weighted by molar-refractivity contribution is 0.871. The number of nitrogen functional groups attached to an aromatic ring is 1. The minimum Gasteiger partial charge on any atom is -0.385 e. The van der Waals surface area contributed by atoms with E-state index in [0.717, 1.165) is 16.7 Å². The average molecular weight is 267 g/mol. The Morgan fingerprint density at radius 1 is 1.15 bits per heavy atom. The molecule has 102 valence electrons. The SMILES string of the molecule is Cc1ccc(-c2cc(N)n(C)c(=O)c2C#N)c(C)c1C. The van der Waals surface area contributed by atoms with Gasteiger partial charge in [0.05, 0.1) is 0 Å². The number of hydrogen-bond acceptors (Lipinski definition) is 3. The summed E-state index contributed by atoms with van der Waals surface area (Å²) in [5.74, 6) is 0.349. The number of hydrogen-bond donors (Lipinski definition) is 1. The molecule has 2 rings (SSSR count). The van der Waals surface area contributed by atoms with Crippen LogP contribution in [0.1, 0.15) is 22.3 Å². The third-order valence-corrected chi connectivity index (χ3v) is 3.93. The van der Waals surface area contributed by atoms with Crippen molar-refractivity contribution in [3.63, 3.8) is 0 Å². The van der Waals surface area contributed by atoms with Gasteiger partial charge in [0.15, 0.2) is 0 Å². The maximum atomic E-state index is 12.1. The zero-order valence-corrected chi connectivity index (χ0v) is 12.1. The van der Waals surface area contributed by atoms with Crippen molar-refractivity contribution >= 4 is 5.82 Å². The van der Waals surface area contributed by atoms with Crippen LogP contribution >= 0.6 is 0 Å². The van der Waals surface area contributed by atoms with Gasteiger partial charge in [0.2, 0.25) is 0 Å². The molecule has 4 heteroatoms. The topological polar surface area (TPSA) is 71.8 Å². The first-order valence-corrected chi connectivity index (χ1v) is 6.35. The number of aromatic nitrogens is 1. The van der Waals surface area contributed by atoms with Crippen LogP contribution in [0, 0.1) is 32.1 Å². The number of aryl methyl sites for hydroxylation is 1. The Labute approximate surface area is 118 Å². The van der Waals surface area contributed by atoms with Gasteiger partial charge in [-0.15, -0.1) is 0 Å². The molecule has 1 heterocycles. The van der Waals surface area contributed by atoms with Gasteiger partial charge in [-0.2, -0.15) is 5.26 Å². The van der Waals surface area contributed by atoms with Crippen molar-refractivity contribution in [3.05, 3.63) is 50.8 Å². The van der Waals surface area contributed by atoms with E-state index in [1.54, 1.807) is 13.1 Å². The molecule has 0 aliphatic rings. The summed E-state index contributed by atoms with van der Waals surface area (Å²) in [4.78, 5) is 12.1. The van der Waals surface area contributed by atoms with Gasteiger partial charge in [-0.1, -0.05) is 12.1 Å². The van der Waals surface area contributed by atoms with Crippen LogP contribution in [0.25, 0.3) is 11.1 Å². The molecule has 0 bridgehead atoms. The second-order valence-electron chi connectivity index (χ2n) is 5.01. The fourth-order valence-electron chi connectivity index (χ4n) is 2.29. The van der Waals surface area contributed by atoms with Crippen molar-refractivity contribution in [2.75, 3.05) is 5.73 Å². The van der Waals surface area contributed by atoms with E-state index in [1.807, 2.05) is 39.0 Å². The summed E-state index contributed by atoms with van der Waals surface area (Å²) in [5, 5.41) is 9.29. The molecule has 2 aromatic rings. The highest BCUT2D eigenvalue weighted by Crippen LogP contribution is 2.29. The molecule has 0 aliphatic carbocycles. The monoisotopic (exact) mass is 267 g/mol. The number of pyridine rings is 1. The molecule has 0 atom stereocenters. The number of nitrogens with two attached hydrogens (primary N) is 1. The number of benzene rings is 1. The maximum Gasteiger partial charge on any atom is 0.270 e. The van der Waals surface area contributed by atoms with Gasteiger partial charge in [0.1, 0.15) is 17.5 Å². The predicted molar refractivity (Wildman–Crippen MR) is 80.5 cm³/mol. The average Bonchev–Trinajstić information content (AvgIpc) is 2.42. The molecule has 4 nitrogen and oxygen atoms in total. The summed E-state index contributed by atoms with van der Waals surface area (Å²) in [6.07, 6.45) is 0. The first-order valence-electron chi connectivity index (χ1n) is 6.35. The zero-order valence-electron chi connectivity index (χ0n) is 12.1. The van der Waals surface area contributed by atoms with E-state index in [4.69, 9.17) is 5.73 Å². The van der Waals surface area contributed by atoms with Gasteiger partial charge in [0, 0.05) is 12.6 Å². The van der Waals surface area contributed by atoms with Gasteiger partial charge in [0.25, 0.3) is 5.56 Å². The van der Waals surface area contributed by atoms with Gasteiger partial charge >= 0.3 is 0 Å². The fraction of sp³-hybridized carbons (Fsp3) is 0.250. The quantitative estimate of drug-likeness (QED) is 0.862. The van der Waals surface area contributed by atoms with Crippen molar-refractivity contribution in [1.82, 2.24) is 4.57 Å². The molecular weight excluding hydrogens is 250 g/mol. The van der Waals surface area contributed by atoms with Gasteiger partial charge in [-0.05, 0) is 49.1 Å². The predicted octanol–water partition coefficient (Wildman–Crippen LogP) is 2.43. The summed E-state index contributed by atoms with van der Waals surface area (Å²) < 4.78 is 1.29. The van der Waals surface area contributed by atoms with E-state index in [-0.39, 0.29) is 11.1 Å². The normalized spacial score (nSPS) is 10.3. The molecule has 0 fully saturated rings. The Morgan fingerprint density at radius 3 is 2.40 bits per heavy atom. The van der Waals surface area contributed by atoms with Gasteiger partial charge in [-0.25, -0.2) is 0 Å². The molecule has 0 radical (unpaired) electrons. The van der Waals surface area contributed by atoms with E-state index in [1.165, 1.54) is 10.1 Å². The van der Waals surface area contributed by atoms with Gasteiger partial charge < -0.3 is 5.73 Å². The molecule has 0 saturated heterocycles. The Balaban J connectivity index is 2.88. The summed E-state index contributed by atoms with van der Waals surface area (Å²) in [6.45, 7) is 6.06. The van der Waals surface area contributed by atoms with Crippen LogP contribution in [0.4, 0.5) is 5.82 Å². The number of anilines is 1. The highest BCUT2D eigenvalue weighted by Gasteiger charge is 2.15. The van der Waals surface area contributed by atoms with E-state index in [0.29, 0.717) is 11.4 Å². The van der Waals surface area contributed by atoms with Crippen molar-refractivity contribution in [2.24, 2.45) is 7.05 Å². The van der Waals surface area contributed by atoms with E-state index in [2.05, 4.69) is 0 Å². The van der Waals surface area contributed by atoms with Crippen LogP contribution < -0.4 is 11.3 Å². The zero-order chi connectivity index (χ0) is 15.0. The van der Waals surface area contributed by atoms with Crippen molar-refractivity contribution < 1.29 is 0 Å². The smallest absolute Gasteiger partial charge is 0.270 e. The molecule has 0 amide bonds.